The summed E-state index contributed by atoms with van der Waals surface area (Å²) in [6, 6.07) is 0. The molecule has 0 fully saturated rings. The molecule has 0 aliphatic heterocycles. The van der Waals surface area contributed by atoms with Crippen molar-refractivity contribution in [2.24, 2.45) is 0 Å². The summed E-state index contributed by atoms with van der Waals surface area (Å²) in [5, 5.41) is 0. The van der Waals surface area contributed by atoms with Crippen LogP contribution >= 0.6 is 7.60 Å². The van der Waals surface area contributed by atoms with Crippen molar-refractivity contribution in [3.05, 3.63) is 0 Å². The fourth-order valence-electron chi connectivity index (χ4n) is 1.76. The van der Waals surface area contributed by atoms with Gasteiger partial charge in [0.2, 0.25) is 0 Å². The maximum atomic E-state index is 14.1. The molecular formula is C12H10F17O5P. The predicted molar refractivity (Wildman–Crippen MR) is 73.8 cm³/mol. The van der Waals surface area contributed by atoms with Gasteiger partial charge in [-0.1, -0.05) is 0 Å². The van der Waals surface area contributed by atoms with Crippen molar-refractivity contribution < 1.29 is 98.1 Å². The molecule has 0 aliphatic rings. The monoisotopic (exact) mass is 588 g/mol. The minimum Gasteiger partial charge on any atom is -0.324 e. The Balaban J connectivity index is 6.58. The van der Waals surface area contributed by atoms with E-state index in [9.17, 15) is 79.2 Å². The topological polar surface area (TPSA) is 65.0 Å². The largest absolute Gasteiger partial charge is 0.462 e. The summed E-state index contributed by atoms with van der Waals surface area (Å²) in [5.41, 5.74) is 0. The number of ether oxygens (including phenoxy) is 2. The van der Waals surface area contributed by atoms with E-state index < -0.39 is 75.2 Å². The summed E-state index contributed by atoms with van der Waals surface area (Å²) in [6.07, 6.45) is -43.3. The Labute approximate surface area is 181 Å². The van der Waals surface area contributed by atoms with Crippen LogP contribution in [0, 0.1) is 0 Å². The van der Waals surface area contributed by atoms with Gasteiger partial charge in [-0.05, 0) is 6.92 Å². The van der Waals surface area contributed by atoms with E-state index in [1.165, 1.54) is 4.74 Å². The van der Waals surface area contributed by atoms with Crippen LogP contribution in [0.3, 0.4) is 0 Å². The van der Waals surface area contributed by atoms with Crippen LogP contribution in [0.2, 0.25) is 0 Å². The molecule has 0 bridgehead atoms. The van der Waals surface area contributed by atoms with Gasteiger partial charge in [-0.2, -0.15) is 70.2 Å². The van der Waals surface area contributed by atoms with E-state index in [0.717, 1.165) is 6.92 Å². The van der Waals surface area contributed by atoms with E-state index in [1.807, 2.05) is 4.74 Å². The highest BCUT2D eigenvalue weighted by Gasteiger charge is 2.85. The first-order chi connectivity index (χ1) is 14.9. The first-order valence-electron chi connectivity index (χ1n) is 8.01. The zero-order chi connectivity index (χ0) is 28.7. The molecule has 0 spiro atoms. The fourth-order valence-corrected chi connectivity index (χ4v) is 2.86. The quantitative estimate of drug-likeness (QED) is 0.222. The lowest BCUT2D eigenvalue weighted by Gasteiger charge is -2.40. The molecule has 3 atom stereocenters. The van der Waals surface area contributed by atoms with Gasteiger partial charge in [0.15, 0.2) is 0 Å². The maximum absolute atomic E-state index is 14.1. The zero-order valence-corrected chi connectivity index (χ0v) is 17.0. The van der Waals surface area contributed by atoms with Crippen molar-refractivity contribution in [1.29, 1.82) is 0 Å². The SMILES string of the molecule is CCOP(=O)(O)CCC(F)(OC(F)(F)C(F)(OC(F)(F)C(F)(F)C(F)(F)F)C(F)(F)F)C(F)(F)F. The van der Waals surface area contributed by atoms with Crippen LogP contribution in [0.4, 0.5) is 74.6 Å². The molecule has 0 amide bonds. The van der Waals surface area contributed by atoms with Crippen LogP contribution < -0.4 is 0 Å². The van der Waals surface area contributed by atoms with Crippen molar-refractivity contribution in [1.82, 2.24) is 0 Å². The summed E-state index contributed by atoms with van der Waals surface area (Å²) in [6.45, 7) is 0.114. The van der Waals surface area contributed by atoms with Crippen LogP contribution in [0.25, 0.3) is 0 Å². The van der Waals surface area contributed by atoms with Gasteiger partial charge in [0.05, 0.1) is 12.8 Å². The predicted octanol–water partition coefficient (Wildman–Crippen LogP) is 6.47. The van der Waals surface area contributed by atoms with Gasteiger partial charge in [-0.25, -0.2) is 4.39 Å². The second kappa shape index (κ2) is 9.64. The van der Waals surface area contributed by atoms with Crippen LogP contribution in [0.15, 0.2) is 0 Å². The lowest BCUT2D eigenvalue weighted by Crippen LogP contribution is -2.67. The Hall–Kier alpha value is -1.12. The molecule has 0 aromatic heterocycles. The van der Waals surface area contributed by atoms with Gasteiger partial charge in [0.25, 0.3) is 0 Å². The molecule has 0 saturated heterocycles. The van der Waals surface area contributed by atoms with Gasteiger partial charge in [-0.15, -0.1) is 0 Å². The highest BCUT2D eigenvalue weighted by atomic mass is 31.2. The Kier molecular flexibility index (Phi) is 9.33. The maximum Gasteiger partial charge on any atom is 0.462 e. The number of alkyl halides is 17. The molecule has 0 saturated carbocycles. The first kappa shape index (κ1) is 33.9. The number of hydrogen-bond acceptors (Lipinski definition) is 4. The average molecular weight is 588 g/mol. The number of halogens is 17. The molecular weight excluding hydrogens is 578 g/mol. The average Bonchev–Trinajstić information content (AvgIpc) is 2.56. The van der Waals surface area contributed by atoms with Crippen molar-refractivity contribution in [2.45, 2.75) is 61.7 Å². The highest BCUT2D eigenvalue weighted by molar-refractivity contribution is 7.52. The third kappa shape index (κ3) is 7.01. The van der Waals surface area contributed by atoms with Crippen molar-refractivity contribution in [3.63, 3.8) is 0 Å². The number of rotatable bonds is 11. The van der Waals surface area contributed by atoms with Gasteiger partial charge < -0.3 is 9.42 Å². The molecule has 5 nitrogen and oxygen atoms in total. The lowest BCUT2D eigenvalue weighted by molar-refractivity contribution is -0.552. The Morgan fingerprint density at radius 2 is 1.09 bits per heavy atom. The molecule has 3 unspecified atom stereocenters. The molecule has 0 aromatic rings. The third-order valence-corrected chi connectivity index (χ3v) is 4.94. The second-order valence-electron chi connectivity index (χ2n) is 6.16. The molecule has 212 valence electrons. The zero-order valence-electron chi connectivity index (χ0n) is 16.1. The Morgan fingerprint density at radius 3 is 1.40 bits per heavy atom. The van der Waals surface area contributed by atoms with E-state index in [2.05, 4.69) is 4.52 Å². The van der Waals surface area contributed by atoms with E-state index in [0.29, 0.717) is 0 Å². The summed E-state index contributed by atoms with van der Waals surface area (Å²) in [4.78, 5) is 9.04. The molecule has 0 radical (unpaired) electrons. The van der Waals surface area contributed by atoms with Crippen molar-refractivity contribution >= 4 is 7.60 Å². The van der Waals surface area contributed by atoms with Crippen LogP contribution in [0.1, 0.15) is 13.3 Å². The second-order valence-corrected chi connectivity index (χ2v) is 8.14. The molecule has 0 aromatic carbocycles. The fraction of sp³-hybridized carbons (Fsp3) is 1.00. The minimum atomic E-state index is -8.00. The standard InChI is InChI=1S/C12H10F17O5P/c1-2-32-35(30,31)4-3-5(13,8(17,18)19)33-12(28,29)7(16,10(23,24)25)34-11(26,27)6(14,15)9(20,21)22/h2-4H2,1H3,(H,30,31). The van der Waals surface area contributed by atoms with E-state index in [-0.39, 0.29) is 0 Å². The Morgan fingerprint density at radius 1 is 0.657 bits per heavy atom. The number of hydrogen-bond donors (Lipinski definition) is 1. The highest BCUT2D eigenvalue weighted by Crippen LogP contribution is 2.57. The van der Waals surface area contributed by atoms with E-state index in [1.54, 1.807) is 0 Å². The molecule has 23 heteroatoms. The first-order valence-corrected chi connectivity index (χ1v) is 9.77. The van der Waals surface area contributed by atoms with Crippen LogP contribution in [-0.4, -0.2) is 66.0 Å². The normalized spacial score (nSPS) is 20.2. The molecule has 1 N–H and O–H groups in total. The third-order valence-electron chi connectivity index (χ3n) is 3.49. The van der Waals surface area contributed by atoms with Gasteiger partial charge in [0.1, 0.15) is 0 Å². The summed E-state index contributed by atoms with van der Waals surface area (Å²) >= 11 is 0. The van der Waals surface area contributed by atoms with Gasteiger partial charge >= 0.3 is 56.0 Å². The summed E-state index contributed by atoms with van der Waals surface area (Å²) in [5.74, 6) is -22.2. The molecule has 0 rings (SSSR count). The smallest absolute Gasteiger partial charge is 0.324 e. The van der Waals surface area contributed by atoms with Crippen LogP contribution in [-0.2, 0) is 18.6 Å². The van der Waals surface area contributed by atoms with Gasteiger partial charge in [0, 0.05) is 6.42 Å². The van der Waals surface area contributed by atoms with E-state index >= 15 is 0 Å². The molecule has 35 heavy (non-hydrogen) atoms. The van der Waals surface area contributed by atoms with Gasteiger partial charge in [-0.3, -0.25) is 14.0 Å². The summed E-state index contributed by atoms with van der Waals surface area (Å²) in [7, 11) is -5.33. The summed E-state index contributed by atoms with van der Waals surface area (Å²) < 4.78 is 239. The molecule has 0 heterocycles. The lowest BCUT2D eigenvalue weighted by atomic mass is 10.2. The minimum absolute atomic E-state index is 0.798. The Bertz CT molecular complexity index is 777. The van der Waals surface area contributed by atoms with E-state index in [4.69, 9.17) is 4.89 Å². The van der Waals surface area contributed by atoms with Crippen molar-refractivity contribution in [3.8, 4) is 0 Å². The van der Waals surface area contributed by atoms with Crippen molar-refractivity contribution in [2.75, 3.05) is 12.8 Å². The molecule has 0 aliphatic carbocycles. The van der Waals surface area contributed by atoms with Crippen LogP contribution in [0.5, 0.6) is 0 Å².